The summed E-state index contributed by atoms with van der Waals surface area (Å²) in [5.74, 6) is 0.00495. The van der Waals surface area contributed by atoms with Crippen LogP contribution in [0.3, 0.4) is 0 Å². The Morgan fingerprint density at radius 1 is 1.06 bits per heavy atom. The first kappa shape index (κ1) is 23.1. The molecule has 2 N–H and O–H groups in total. The summed E-state index contributed by atoms with van der Waals surface area (Å²) >= 11 is 18.2. The van der Waals surface area contributed by atoms with Gasteiger partial charge >= 0.3 is 0 Å². The third kappa shape index (κ3) is 5.55. The number of carbonyl (C=O) groups is 1. The lowest BCUT2D eigenvalue weighted by Crippen LogP contribution is -2.51. The van der Waals surface area contributed by atoms with Crippen molar-refractivity contribution in [3.05, 3.63) is 76.7 Å². The molecule has 10 heteroatoms. The van der Waals surface area contributed by atoms with Gasteiger partial charge in [0.2, 0.25) is 3.79 Å². The van der Waals surface area contributed by atoms with E-state index in [9.17, 15) is 9.59 Å². The Morgan fingerprint density at radius 3 is 2.23 bits per heavy atom. The van der Waals surface area contributed by atoms with Gasteiger partial charge in [-0.1, -0.05) is 71.2 Å². The van der Waals surface area contributed by atoms with E-state index < -0.39 is 15.9 Å². The Labute approximate surface area is 194 Å². The number of nitrogens with one attached hydrogen (secondary N) is 2. The first-order valence-corrected chi connectivity index (χ1v) is 10.5. The molecule has 0 aliphatic carbocycles. The van der Waals surface area contributed by atoms with Gasteiger partial charge in [-0.2, -0.15) is 0 Å². The molecular formula is C21H21Cl3N4O3. The summed E-state index contributed by atoms with van der Waals surface area (Å²) in [5, 5.41) is 5.45. The fourth-order valence-corrected chi connectivity index (χ4v) is 3.27. The Kier molecular flexibility index (Phi) is 7.20. The molecule has 1 heterocycles. The van der Waals surface area contributed by atoms with E-state index in [2.05, 4.69) is 10.6 Å². The zero-order chi connectivity index (χ0) is 22.6. The van der Waals surface area contributed by atoms with Crippen molar-refractivity contribution in [1.29, 1.82) is 0 Å². The minimum atomic E-state index is -1.94. The summed E-state index contributed by atoms with van der Waals surface area (Å²) in [6.07, 6.45) is -1.18. The number of hydrogen-bond donors (Lipinski definition) is 2. The smallest absolute Gasteiger partial charge is 0.295 e. The van der Waals surface area contributed by atoms with Gasteiger partial charge in [0.25, 0.3) is 11.5 Å². The Hall–Kier alpha value is -2.61. The molecule has 0 saturated heterocycles. The van der Waals surface area contributed by atoms with E-state index in [1.807, 2.05) is 24.3 Å². The van der Waals surface area contributed by atoms with E-state index in [4.69, 9.17) is 39.5 Å². The topological polar surface area (TPSA) is 77.3 Å². The first-order valence-electron chi connectivity index (χ1n) is 9.33. The summed E-state index contributed by atoms with van der Waals surface area (Å²) in [6, 6.07) is 18.0. The van der Waals surface area contributed by atoms with Gasteiger partial charge in [0.1, 0.15) is 17.6 Å². The highest BCUT2D eigenvalue weighted by Crippen LogP contribution is 2.31. The molecule has 7 nitrogen and oxygen atoms in total. The molecule has 1 atom stereocenters. The number of nitrogens with zero attached hydrogens (tertiary/aromatic N) is 2. The maximum Gasteiger partial charge on any atom is 0.295 e. The normalized spacial score (nSPS) is 12.3. The number of amides is 1. The fourth-order valence-electron chi connectivity index (χ4n) is 2.95. The summed E-state index contributed by atoms with van der Waals surface area (Å²) in [6.45, 7) is 1.46. The maximum atomic E-state index is 13.1. The Morgan fingerprint density at radius 2 is 1.65 bits per heavy atom. The lowest BCUT2D eigenvalue weighted by molar-refractivity contribution is -0.123. The standard InChI is InChI=1S/C21H21Cl3N4O3/c1-14-18(19(30)28(27(14)2)15-9-5-3-6-10-15)26-20(21(22,23)24)25-17(29)13-31-16-11-7-4-8-12-16/h3-12,20,26H,13H2,1-2H3,(H,25,29). The van der Waals surface area contributed by atoms with Gasteiger partial charge in [-0.3, -0.25) is 14.3 Å². The molecule has 2 aromatic carbocycles. The number of para-hydroxylation sites is 2. The largest absolute Gasteiger partial charge is 0.484 e. The number of anilines is 1. The molecule has 0 fully saturated rings. The van der Waals surface area contributed by atoms with E-state index in [1.165, 1.54) is 4.68 Å². The number of carbonyl (C=O) groups excluding carboxylic acids is 1. The zero-order valence-electron chi connectivity index (χ0n) is 16.8. The number of ether oxygens (including phenoxy) is 1. The number of hydrogen-bond acceptors (Lipinski definition) is 4. The van der Waals surface area contributed by atoms with Crippen LogP contribution in [0.25, 0.3) is 5.69 Å². The lowest BCUT2D eigenvalue weighted by Gasteiger charge is -2.26. The van der Waals surface area contributed by atoms with E-state index in [0.29, 0.717) is 17.1 Å². The van der Waals surface area contributed by atoms with Crippen molar-refractivity contribution < 1.29 is 9.53 Å². The number of rotatable bonds is 7. The average Bonchev–Trinajstić information content (AvgIpc) is 2.95. The number of alkyl halides is 3. The molecule has 31 heavy (non-hydrogen) atoms. The second-order valence-corrected chi connectivity index (χ2v) is 9.09. The van der Waals surface area contributed by atoms with Crippen LogP contribution in [0.4, 0.5) is 5.69 Å². The van der Waals surface area contributed by atoms with Crippen LogP contribution >= 0.6 is 34.8 Å². The van der Waals surface area contributed by atoms with Crippen molar-refractivity contribution in [2.24, 2.45) is 7.05 Å². The molecule has 1 aromatic heterocycles. The predicted octanol–water partition coefficient (Wildman–Crippen LogP) is 3.79. The summed E-state index contributed by atoms with van der Waals surface area (Å²) < 4.78 is 6.64. The molecule has 3 rings (SSSR count). The third-order valence-electron chi connectivity index (χ3n) is 4.59. The van der Waals surface area contributed by atoms with Crippen LogP contribution < -0.4 is 20.9 Å². The maximum absolute atomic E-state index is 13.1. The van der Waals surface area contributed by atoms with Gasteiger partial charge in [0, 0.05) is 7.05 Å². The van der Waals surface area contributed by atoms with Crippen molar-refractivity contribution in [3.63, 3.8) is 0 Å². The highest BCUT2D eigenvalue weighted by Gasteiger charge is 2.35. The molecule has 0 bridgehead atoms. The monoisotopic (exact) mass is 482 g/mol. The second kappa shape index (κ2) is 9.68. The van der Waals surface area contributed by atoms with Crippen LogP contribution in [0.2, 0.25) is 0 Å². The van der Waals surface area contributed by atoms with Crippen LogP contribution in [0.1, 0.15) is 5.69 Å². The average molecular weight is 484 g/mol. The minimum Gasteiger partial charge on any atom is -0.484 e. The van der Waals surface area contributed by atoms with Gasteiger partial charge in [-0.15, -0.1) is 0 Å². The predicted molar refractivity (Wildman–Crippen MR) is 124 cm³/mol. The zero-order valence-corrected chi connectivity index (χ0v) is 19.1. The lowest BCUT2D eigenvalue weighted by atomic mass is 10.3. The summed E-state index contributed by atoms with van der Waals surface area (Å²) in [4.78, 5) is 25.5. The first-order chi connectivity index (χ1) is 14.7. The van der Waals surface area contributed by atoms with Crippen molar-refractivity contribution in [1.82, 2.24) is 14.7 Å². The van der Waals surface area contributed by atoms with E-state index in [-0.39, 0.29) is 17.9 Å². The highest BCUT2D eigenvalue weighted by molar-refractivity contribution is 6.68. The van der Waals surface area contributed by atoms with Gasteiger partial charge in [0.05, 0.1) is 11.4 Å². The third-order valence-corrected chi connectivity index (χ3v) is 5.24. The SMILES string of the molecule is Cc1c(NC(NC(=O)COc2ccccc2)C(Cl)(Cl)Cl)c(=O)n(-c2ccccc2)n1C. The van der Waals surface area contributed by atoms with Crippen molar-refractivity contribution in [3.8, 4) is 11.4 Å². The molecule has 3 aromatic rings. The molecule has 1 amide bonds. The molecule has 164 valence electrons. The minimum absolute atomic E-state index is 0.201. The Balaban J connectivity index is 1.80. The van der Waals surface area contributed by atoms with Crippen LogP contribution in [-0.4, -0.2) is 31.8 Å². The van der Waals surface area contributed by atoms with Crippen molar-refractivity contribution in [2.45, 2.75) is 16.9 Å². The second-order valence-electron chi connectivity index (χ2n) is 6.72. The summed E-state index contributed by atoms with van der Waals surface area (Å²) in [5.41, 5.74) is 1.13. The molecular weight excluding hydrogens is 463 g/mol. The molecule has 0 aliphatic heterocycles. The number of halogens is 3. The molecule has 0 radical (unpaired) electrons. The molecule has 0 saturated carbocycles. The van der Waals surface area contributed by atoms with E-state index in [1.54, 1.807) is 55.1 Å². The van der Waals surface area contributed by atoms with E-state index in [0.717, 1.165) is 0 Å². The number of aromatic nitrogens is 2. The quantitative estimate of drug-likeness (QED) is 0.396. The van der Waals surface area contributed by atoms with E-state index >= 15 is 0 Å². The van der Waals surface area contributed by atoms with Crippen LogP contribution in [0.15, 0.2) is 65.5 Å². The van der Waals surface area contributed by atoms with Gasteiger partial charge in [0.15, 0.2) is 6.61 Å². The molecule has 0 spiro atoms. The fraction of sp³-hybridized carbons (Fsp3) is 0.238. The molecule has 1 unspecified atom stereocenters. The summed E-state index contributed by atoms with van der Waals surface area (Å²) in [7, 11) is 1.74. The van der Waals surface area contributed by atoms with Crippen LogP contribution in [-0.2, 0) is 11.8 Å². The van der Waals surface area contributed by atoms with Gasteiger partial charge in [-0.25, -0.2) is 4.68 Å². The van der Waals surface area contributed by atoms with Gasteiger partial charge < -0.3 is 15.4 Å². The van der Waals surface area contributed by atoms with Gasteiger partial charge in [-0.05, 0) is 31.2 Å². The van der Waals surface area contributed by atoms with Crippen molar-refractivity contribution in [2.75, 3.05) is 11.9 Å². The van der Waals surface area contributed by atoms with Crippen LogP contribution in [0.5, 0.6) is 5.75 Å². The van der Waals surface area contributed by atoms with Crippen molar-refractivity contribution >= 4 is 46.4 Å². The number of benzene rings is 2. The molecule has 0 aliphatic rings. The highest BCUT2D eigenvalue weighted by atomic mass is 35.6. The van der Waals surface area contributed by atoms with Crippen LogP contribution in [0, 0.1) is 6.92 Å². The Bertz CT molecular complexity index is 1090.